The highest BCUT2D eigenvalue weighted by Crippen LogP contribution is 2.35. The maximum Gasteiger partial charge on any atom is 0.317 e. The van der Waals surface area contributed by atoms with Crippen LogP contribution in [-0.2, 0) is 6.54 Å². The fourth-order valence-electron chi connectivity index (χ4n) is 3.35. The van der Waals surface area contributed by atoms with Crippen LogP contribution in [0, 0.1) is 17.6 Å². The number of carbonyl (C=O) groups excluding carboxylic acids is 1. The van der Waals surface area contributed by atoms with Crippen molar-refractivity contribution in [1.29, 1.82) is 0 Å². The van der Waals surface area contributed by atoms with Crippen molar-refractivity contribution in [3.05, 3.63) is 35.4 Å². The summed E-state index contributed by atoms with van der Waals surface area (Å²) in [4.78, 5) is 14.0. The minimum Gasteiger partial charge on any atom is -0.334 e. The number of nitrogens with zero attached hydrogens (tertiary/aromatic N) is 1. The summed E-state index contributed by atoms with van der Waals surface area (Å²) in [6.07, 6.45) is 4.46. The molecule has 2 bridgehead atoms. The molecule has 3 rings (SSSR count). The van der Waals surface area contributed by atoms with Gasteiger partial charge in [-0.15, -0.1) is 0 Å². The van der Waals surface area contributed by atoms with E-state index in [1.807, 2.05) is 4.90 Å². The Bertz CT molecular complexity index is 500. The average Bonchev–Trinajstić information content (AvgIpc) is 2.72. The van der Waals surface area contributed by atoms with Crippen molar-refractivity contribution in [2.24, 2.45) is 5.92 Å². The van der Waals surface area contributed by atoms with Crippen LogP contribution >= 0.6 is 0 Å². The molecule has 1 aromatic rings. The van der Waals surface area contributed by atoms with Crippen LogP contribution in [0.2, 0.25) is 0 Å². The zero-order valence-electron chi connectivity index (χ0n) is 11.2. The van der Waals surface area contributed by atoms with Crippen LogP contribution in [0.25, 0.3) is 0 Å². The second kappa shape index (κ2) is 5.38. The zero-order valence-corrected chi connectivity index (χ0v) is 11.2. The smallest absolute Gasteiger partial charge is 0.317 e. The molecule has 108 valence electrons. The molecule has 2 aliphatic rings. The van der Waals surface area contributed by atoms with Gasteiger partial charge in [0.25, 0.3) is 0 Å². The Hall–Kier alpha value is -1.65. The lowest BCUT2D eigenvalue weighted by Gasteiger charge is -2.24. The minimum atomic E-state index is -0.620. The Labute approximate surface area is 117 Å². The van der Waals surface area contributed by atoms with E-state index in [0.717, 1.165) is 19.4 Å². The van der Waals surface area contributed by atoms with Gasteiger partial charge in [0.05, 0.1) is 6.54 Å². The molecule has 0 aromatic heterocycles. The van der Waals surface area contributed by atoms with E-state index < -0.39 is 11.6 Å². The summed E-state index contributed by atoms with van der Waals surface area (Å²) in [6, 6.07) is 3.82. The van der Waals surface area contributed by atoms with Crippen molar-refractivity contribution in [1.82, 2.24) is 10.2 Å². The highest BCUT2D eigenvalue weighted by atomic mass is 19.1. The number of nitrogens with one attached hydrogen (secondary N) is 1. The van der Waals surface area contributed by atoms with Crippen LogP contribution in [0.5, 0.6) is 0 Å². The van der Waals surface area contributed by atoms with E-state index in [0.29, 0.717) is 12.0 Å². The monoisotopic (exact) mass is 280 g/mol. The van der Waals surface area contributed by atoms with Crippen LogP contribution in [0.3, 0.4) is 0 Å². The van der Waals surface area contributed by atoms with E-state index in [2.05, 4.69) is 5.32 Å². The van der Waals surface area contributed by atoms with Gasteiger partial charge in [-0.1, -0.05) is 12.5 Å². The Kier molecular flexibility index (Phi) is 3.59. The lowest BCUT2D eigenvalue weighted by molar-refractivity contribution is 0.190. The molecule has 1 aromatic carbocycles. The maximum atomic E-state index is 13.5. The van der Waals surface area contributed by atoms with E-state index >= 15 is 0 Å². The Morgan fingerprint density at radius 1 is 1.30 bits per heavy atom. The number of likely N-dealkylation sites (tertiary alicyclic amines) is 1. The van der Waals surface area contributed by atoms with Crippen molar-refractivity contribution in [2.75, 3.05) is 6.54 Å². The number of fused-ring (bicyclic) bond motifs is 2. The molecule has 1 aliphatic carbocycles. The molecule has 20 heavy (non-hydrogen) atoms. The van der Waals surface area contributed by atoms with Crippen molar-refractivity contribution in [2.45, 2.75) is 38.3 Å². The largest absolute Gasteiger partial charge is 0.334 e. The number of hydrogen-bond donors (Lipinski definition) is 1. The summed E-state index contributed by atoms with van der Waals surface area (Å²) in [5, 5.41) is 2.64. The molecule has 0 radical (unpaired) electrons. The molecule has 5 heteroatoms. The number of carbonyl (C=O) groups is 1. The van der Waals surface area contributed by atoms with E-state index in [4.69, 9.17) is 0 Å². The van der Waals surface area contributed by atoms with Crippen LogP contribution in [-0.4, -0.2) is 23.5 Å². The second-order valence-electron chi connectivity index (χ2n) is 5.70. The van der Waals surface area contributed by atoms with Crippen molar-refractivity contribution >= 4 is 6.03 Å². The van der Waals surface area contributed by atoms with Gasteiger partial charge in [-0.05, 0) is 37.3 Å². The summed E-state index contributed by atoms with van der Waals surface area (Å²) in [7, 11) is 0. The van der Waals surface area contributed by atoms with Gasteiger partial charge in [0.15, 0.2) is 0 Å². The summed E-state index contributed by atoms with van der Waals surface area (Å²) >= 11 is 0. The normalized spacial score (nSPS) is 24.8. The lowest BCUT2D eigenvalue weighted by Crippen LogP contribution is -2.42. The van der Waals surface area contributed by atoms with Gasteiger partial charge in [0.2, 0.25) is 0 Å². The minimum absolute atomic E-state index is 0.0805. The predicted octanol–water partition coefficient (Wildman–Crippen LogP) is 3.05. The molecule has 2 amide bonds. The summed E-state index contributed by atoms with van der Waals surface area (Å²) in [6.45, 7) is 0.668. The zero-order chi connectivity index (χ0) is 14.1. The number of benzene rings is 1. The predicted molar refractivity (Wildman–Crippen MR) is 71.0 cm³/mol. The van der Waals surface area contributed by atoms with Crippen molar-refractivity contribution in [3.8, 4) is 0 Å². The third-order valence-corrected chi connectivity index (χ3v) is 4.39. The van der Waals surface area contributed by atoms with Crippen molar-refractivity contribution < 1.29 is 13.6 Å². The van der Waals surface area contributed by atoms with Gasteiger partial charge in [-0.2, -0.15) is 0 Å². The van der Waals surface area contributed by atoms with Crippen LogP contribution in [0.1, 0.15) is 31.2 Å². The number of hydrogen-bond acceptors (Lipinski definition) is 1. The fourth-order valence-corrected chi connectivity index (χ4v) is 3.35. The number of halogens is 2. The van der Waals surface area contributed by atoms with Gasteiger partial charge in [-0.3, -0.25) is 0 Å². The topological polar surface area (TPSA) is 32.3 Å². The van der Waals surface area contributed by atoms with Gasteiger partial charge in [-0.25, -0.2) is 13.6 Å². The molecular formula is C15H18F2N2O. The number of rotatable bonds is 2. The molecule has 0 unspecified atom stereocenters. The third-order valence-electron chi connectivity index (χ3n) is 4.39. The van der Waals surface area contributed by atoms with Gasteiger partial charge >= 0.3 is 6.03 Å². The molecular weight excluding hydrogens is 262 g/mol. The summed E-state index contributed by atoms with van der Waals surface area (Å²) in [5.41, 5.74) is -0.0805. The van der Waals surface area contributed by atoms with E-state index in [-0.39, 0.29) is 18.1 Å². The lowest BCUT2D eigenvalue weighted by atomic mass is 9.91. The second-order valence-corrected chi connectivity index (χ2v) is 5.70. The number of urea groups is 1. The van der Waals surface area contributed by atoms with Gasteiger partial charge in [0, 0.05) is 18.2 Å². The highest BCUT2D eigenvalue weighted by Gasteiger charge is 2.37. The molecule has 1 heterocycles. The number of amides is 2. The molecule has 1 saturated heterocycles. The van der Waals surface area contributed by atoms with Gasteiger partial charge < -0.3 is 10.2 Å². The van der Waals surface area contributed by atoms with Crippen LogP contribution in [0.15, 0.2) is 18.2 Å². The Morgan fingerprint density at radius 3 is 2.75 bits per heavy atom. The highest BCUT2D eigenvalue weighted by molar-refractivity contribution is 5.75. The Balaban J connectivity index is 1.62. The first-order valence-electron chi connectivity index (χ1n) is 7.12. The van der Waals surface area contributed by atoms with Crippen molar-refractivity contribution in [3.63, 3.8) is 0 Å². The third kappa shape index (κ3) is 2.49. The van der Waals surface area contributed by atoms with E-state index in [1.165, 1.54) is 31.0 Å². The quantitative estimate of drug-likeness (QED) is 0.887. The Morgan fingerprint density at radius 2 is 2.05 bits per heavy atom. The first-order valence-corrected chi connectivity index (χ1v) is 7.12. The molecule has 2 atom stereocenters. The van der Waals surface area contributed by atoms with Gasteiger partial charge in [0.1, 0.15) is 11.6 Å². The standard InChI is InChI=1S/C15H18F2N2O/c16-13-5-2-6-14(17)12(13)8-18-15(20)19-9-10-3-1-4-11(19)7-10/h2,5-6,10-11H,1,3-4,7-9H2,(H,18,20)/t10-,11+/m1/s1. The average molecular weight is 280 g/mol. The fraction of sp³-hybridized carbons (Fsp3) is 0.533. The molecule has 1 saturated carbocycles. The van der Waals surface area contributed by atoms with E-state index in [9.17, 15) is 13.6 Å². The molecule has 1 N–H and O–H groups in total. The molecule has 3 nitrogen and oxygen atoms in total. The maximum absolute atomic E-state index is 13.5. The molecule has 2 fully saturated rings. The molecule has 0 spiro atoms. The van der Waals surface area contributed by atoms with Crippen LogP contribution < -0.4 is 5.32 Å². The first-order chi connectivity index (χ1) is 9.65. The van der Waals surface area contributed by atoms with Crippen LogP contribution in [0.4, 0.5) is 13.6 Å². The van der Waals surface area contributed by atoms with E-state index in [1.54, 1.807) is 0 Å². The SMILES string of the molecule is O=C(NCc1c(F)cccc1F)N1C[C@@H]2CCC[C@H]1C2. The first kappa shape index (κ1) is 13.3. The summed E-state index contributed by atoms with van der Waals surface area (Å²) in [5.74, 6) is -0.638. The molecule has 1 aliphatic heterocycles. The summed E-state index contributed by atoms with van der Waals surface area (Å²) < 4.78 is 27.0.